The SMILES string of the molecule is c1ccc(-c2cc3[n+]4c(c2)-c2cc(-c5ccccc5)cc5[n+]2C42c4c(cccc4O3)Oc3cccc(c32)O5)cc1. The van der Waals surface area contributed by atoms with Gasteiger partial charge >= 0.3 is 17.4 Å². The fraction of sp³-hybridized carbons (Fsp3) is 0.0286. The van der Waals surface area contributed by atoms with E-state index >= 15 is 0 Å². The van der Waals surface area contributed by atoms with E-state index in [2.05, 4.69) is 81.9 Å². The molecule has 0 aliphatic carbocycles. The molecule has 4 aliphatic heterocycles. The minimum atomic E-state index is -0.744. The molecule has 0 amide bonds. The van der Waals surface area contributed by atoms with Gasteiger partial charge < -0.3 is 14.2 Å². The van der Waals surface area contributed by atoms with Crippen molar-refractivity contribution in [3.63, 3.8) is 0 Å². The highest BCUT2D eigenvalue weighted by molar-refractivity contribution is 5.75. The summed E-state index contributed by atoms with van der Waals surface area (Å²) in [7, 11) is 0. The first-order valence-electron chi connectivity index (χ1n) is 13.4. The molecule has 5 heteroatoms. The van der Waals surface area contributed by atoms with E-state index in [-0.39, 0.29) is 0 Å². The van der Waals surface area contributed by atoms with Gasteiger partial charge in [-0.25, -0.2) is 0 Å². The maximum atomic E-state index is 6.72. The van der Waals surface area contributed by atoms with Gasteiger partial charge in [0.25, 0.3) is 11.4 Å². The highest BCUT2D eigenvalue weighted by Crippen LogP contribution is 2.59. The molecule has 0 radical (unpaired) electrons. The fourth-order valence-corrected chi connectivity index (χ4v) is 6.99. The lowest BCUT2D eigenvalue weighted by Gasteiger charge is -2.35. The van der Waals surface area contributed by atoms with Crippen LogP contribution >= 0.6 is 0 Å². The van der Waals surface area contributed by atoms with E-state index in [1.54, 1.807) is 0 Å². The number of fused-ring (bicyclic) bond motifs is 1. The third-order valence-electron chi connectivity index (χ3n) is 8.51. The van der Waals surface area contributed by atoms with E-state index in [1.807, 2.05) is 48.5 Å². The summed E-state index contributed by atoms with van der Waals surface area (Å²) in [5, 5.41) is 0. The van der Waals surface area contributed by atoms with Gasteiger partial charge in [0.2, 0.25) is 0 Å². The van der Waals surface area contributed by atoms with E-state index in [0.717, 1.165) is 79.5 Å². The van der Waals surface area contributed by atoms with Crippen molar-refractivity contribution in [2.75, 3.05) is 0 Å². The zero-order chi connectivity index (χ0) is 26.0. The zero-order valence-electron chi connectivity index (χ0n) is 21.2. The maximum absolute atomic E-state index is 6.72. The Morgan fingerprint density at radius 3 is 1.27 bits per heavy atom. The summed E-state index contributed by atoms with van der Waals surface area (Å²) in [6.45, 7) is 0. The Hall–Kier alpha value is -5.42. The van der Waals surface area contributed by atoms with Crippen molar-refractivity contribution >= 4 is 0 Å². The molecule has 0 atom stereocenters. The van der Waals surface area contributed by atoms with Gasteiger partial charge in [-0.3, -0.25) is 0 Å². The highest BCUT2D eigenvalue weighted by atomic mass is 16.5. The average Bonchev–Trinajstić information content (AvgIpc) is 3.30. The van der Waals surface area contributed by atoms with Crippen LogP contribution in [0.2, 0.25) is 0 Å². The van der Waals surface area contributed by atoms with E-state index in [1.165, 1.54) is 0 Å². The molecule has 2 aromatic heterocycles. The molecular formula is C35H20N2O3+2. The number of nitrogens with zero attached hydrogens (tertiary/aromatic N) is 2. The van der Waals surface area contributed by atoms with Gasteiger partial charge in [0, 0.05) is 12.1 Å². The lowest BCUT2D eigenvalue weighted by Crippen LogP contribution is -2.74. The van der Waals surface area contributed by atoms with Crippen molar-refractivity contribution in [1.29, 1.82) is 0 Å². The number of ether oxygens (including phenoxy) is 3. The van der Waals surface area contributed by atoms with Gasteiger partial charge in [-0.15, -0.1) is 0 Å². The Morgan fingerprint density at radius 1 is 0.400 bits per heavy atom. The molecule has 10 rings (SSSR count). The van der Waals surface area contributed by atoms with Crippen LogP contribution in [0.25, 0.3) is 33.6 Å². The Morgan fingerprint density at radius 2 is 0.825 bits per heavy atom. The molecule has 186 valence electrons. The number of aromatic nitrogens is 2. The summed E-state index contributed by atoms with van der Waals surface area (Å²) in [6.07, 6.45) is 0. The van der Waals surface area contributed by atoms with Crippen LogP contribution in [-0.2, 0) is 5.66 Å². The topological polar surface area (TPSA) is 35.5 Å². The first kappa shape index (κ1) is 20.5. The maximum Gasteiger partial charge on any atom is 0.437 e. The largest absolute Gasteiger partial charge is 0.455 e. The van der Waals surface area contributed by atoms with Crippen LogP contribution in [0.4, 0.5) is 0 Å². The molecule has 1 spiro atoms. The summed E-state index contributed by atoms with van der Waals surface area (Å²) >= 11 is 0. The summed E-state index contributed by atoms with van der Waals surface area (Å²) in [6, 6.07) is 41.9. The summed E-state index contributed by atoms with van der Waals surface area (Å²) in [5.41, 5.74) is 7.81. The molecule has 4 aromatic carbocycles. The second-order valence-corrected chi connectivity index (χ2v) is 10.6. The third kappa shape index (κ3) is 2.31. The lowest BCUT2D eigenvalue weighted by atomic mass is 9.84. The fourth-order valence-electron chi connectivity index (χ4n) is 6.99. The van der Waals surface area contributed by atoms with Gasteiger partial charge in [0.05, 0.1) is 12.1 Å². The Labute approximate surface area is 229 Å². The molecular weight excluding hydrogens is 496 g/mol. The van der Waals surface area contributed by atoms with Crippen LogP contribution in [0.15, 0.2) is 121 Å². The molecule has 5 nitrogen and oxygen atoms in total. The van der Waals surface area contributed by atoms with Crippen LogP contribution in [-0.4, -0.2) is 0 Å². The monoisotopic (exact) mass is 516 g/mol. The third-order valence-corrected chi connectivity index (χ3v) is 8.51. The van der Waals surface area contributed by atoms with Crippen molar-refractivity contribution in [3.05, 3.63) is 132 Å². The molecule has 6 aromatic rings. The molecule has 4 aliphatic rings. The number of pyridine rings is 2. The van der Waals surface area contributed by atoms with E-state index in [0.29, 0.717) is 0 Å². The van der Waals surface area contributed by atoms with Gasteiger partial charge in [0.15, 0.2) is 22.6 Å². The van der Waals surface area contributed by atoms with Crippen molar-refractivity contribution in [2.24, 2.45) is 0 Å². The van der Waals surface area contributed by atoms with Crippen LogP contribution in [0.3, 0.4) is 0 Å². The molecule has 0 saturated heterocycles. The molecule has 0 unspecified atom stereocenters. The van der Waals surface area contributed by atoms with Crippen LogP contribution in [0, 0.1) is 0 Å². The summed E-state index contributed by atoms with van der Waals surface area (Å²) < 4.78 is 24.6. The summed E-state index contributed by atoms with van der Waals surface area (Å²) in [4.78, 5) is 0. The van der Waals surface area contributed by atoms with Crippen molar-refractivity contribution in [2.45, 2.75) is 5.66 Å². The number of rotatable bonds is 2. The van der Waals surface area contributed by atoms with Crippen molar-refractivity contribution < 1.29 is 23.3 Å². The Balaban J connectivity index is 1.41. The van der Waals surface area contributed by atoms with Crippen LogP contribution < -0.4 is 23.3 Å². The number of hydrogen-bond donors (Lipinski definition) is 0. The summed E-state index contributed by atoms with van der Waals surface area (Å²) in [5.74, 6) is 4.71. The van der Waals surface area contributed by atoms with Crippen molar-refractivity contribution in [1.82, 2.24) is 0 Å². The molecule has 6 heterocycles. The quantitative estimate of drug-likeness (QED) is 0.228. The molecule has 0 saturated carbocycles. The minimum Gasteiger partial charge on any atom is -0.455 e. The van der Waals surface area contributed by atoms with Gasteiger partial charge in [-0.05, 0) is 46.5 Å². The normalized spacial score (nSPS) is 14.8. The van der Waals surface area contributed by atoms with Crippen LogP contribution in [0.1, 0.15) is 11.1 Å². The molecule has 0 N–H and O–H groups in total. The predicted molar refractivity (Wildman–Crippen MR) is 148 cm³/mol. The van der Waals surface area contributed by atoms with Crippen LogP contribution in [0.5, 0.6) is 34.8 Å². The van der Waals surface area contributed by atoms with Gasteiger partial charge in [-0.2, -0.15) is 0 Å². The van der Waals surface area contributed by atoms with Gasteiger partial charge in [-0.1, -0.05) is 81.9 Å². The Bertz CT molecular complexity index is 1940. The second-order valence-electron chi connectivity index (χ2n) is 10.6. The number of benzene rings is 4. The van der Waals surface area contributed by atoms with Gasteiger partial charge in [0.1, 0.15) is 11.5 Å². The lowest BCUT2D eigenvalue weighted by molar-refractivity contribution is -0.943. The average molecular weight is 517 g/mol. The number of hydrogen-bond acceptors (Lipinski definition) is 3. The van der Waals surface area contributed by atoms with Crippen molar-refractivity contribution in [3.8, 4) is 68.4 Å². The first-order chi connectivity index (χ1) is 19.8. The van der Waals surface area contributed by atoms with E-state index < -0.39 is 5.66 Å². The molecule has 40 heavy (non-hydrogen) atoms. The van der Waals surface area contributed by atoms with E-state index in [9.17, 15) is 0 Å². The van der Waals surface area contributed by atoms with E-state index in [4.69, 9.17) is 14.2 Å². The highest BCUT2D eigenvalue weighted by Gasteiger charge is 2.75. The zero-order valence-corrected chi connectivity index (χ0v) is 21.2. The minimum absolute atomic E-state index is 0.744. The second kappa shape index (κ2) is 6.96. The molecule has 0 fully saturated rings. The predicted octanol–water partition coefficient (Wildman–Crippen LogP) is 7.19. The first-order valence-corrected chi connectivity index (χ1v) is 13.4. The smallest absolute Gasteiger partial charge is 0.437 e. The molecule has 0 bridgehead atoms. The standard InChI is InChI=1S/C35H20N2O3/c1-3-9-21(10-4-1)23-17-25-26-18-24(22-11-5-2-6-12-22)20-32-37(26)35-33-27(38-28-14-8-16-30(40-32)34(28)35)13-7-15-29(33)39-31(19-23)36(25)35/h1-20H/q+2. The Kier molecular flexibility index (Phi) is 3.57.